The van der Waals surface area contributed by atoms with Crippen LogP contribution >= 0.6 is 0 Å². The first-order valence-corrected chi connectivity index (χ1v) is 8.90. The van der Waals surface area contributed by atoms with Crippen molar-refractivity contribution in [3.05, 3.63) is 75.3 Å². The van der Waals surface area contributed by atoms with Gasteiger partial charge in [0.05, 0.1) is 18.6 Å². The van der Waals surface area contributed by atoms with E-state index < -0.39 is 29.4 Å². The predicted octanol–water partition coefficient (Wildman–Crippen LogP) is 2.04. The van der Waals surface area contributed by atoms with Gasteiger partial charge in [0.15, 0.2) is 5.54 Å². The highest BCUT2D eigenvalue weighted by atomic mass is 16.6. The van der Waals surface area contributed by atoms with Crippen LogP contribution in [0, 0.1) is 10.1 Å². The van der Waals surface area contributed by atoms with Crippen LogP contribution < -0.4 is 10.6 Å². The van der Waals surface area contributed by atoms with Gasteiger partial charge in [0.25, 0.3) is 11.9 Å². The zero-order chi connectivity index (χ0) is 20.1. The molecule has 0 aliphatic carbocycles. The highest BCUT2D eigenvalue weighted by Crippen LogP contribution is 2.49. The van der Waals surface area contributed by atoms with E-state index in [1.54, 1.807) is 48.5 Å². The van der Waals surface area contributed by atoms with E-state index >= 15 is 0 Å². The lowest BCUT2D eigenvalue weighted by molar-refractivity contribution is -0.532. The van der Waals surface area contributed by atoms with E-state index in [9.17, 15) is 19.7 Å². The Labute approximate surface area is 161 Å². The molecule has 1 amide bonds. The normalized spacial score (nSPS) is 28.1. The van der Waals surface area contributed by atoms with Crippen molar-refractivity contribution < 1.29 is 19.2 Å². The first kappa shape index (κ1) is 18.1. The van der Waals surface area contributed by atoms with E-state index in [-0.39, 0.29) is 11.0 Å². The molecule has 28 heavy (non-hydrogen) atoms. The van der Waals surface area contributed by atoms with E-state index in [4.69, 9.17) is 4.74 Å². The van der Waals surface area contributed by atoms with E-state index in [2.05, 4.69) is 10.6 Å². The molecule has 4 atom stereocenters. The molecule has 2 aromatic carbocycles. The fraction of sp³-hybridized carbons (Fsp3) is 0.300. The van der Waals surface area contributed by atoms with Gasteiger partial charge in [-0.15, -0.1) is 0 Å². The summed E-state index contributed by atoms with van der Waals surface area (Å²) in [6.45, 7) is 1.83. The molecule has 2 aliphatic heterocycles. The van der Waals surface area contributed by atoms with Crippen molar-refractivity contribution in [2.75, 3.05) is 12.4 Å². The number of amides is 1. The van der Waals surface area contributed by atoms with E-state index in [1.807, 2.05) is 6.92 Å². The zero-order valence-electron chi connectivity index (χ0n) is 15.3. The quantitative estimate of drug-likeness (QED) is 0.478. The maximum atomic E-state index is 12.9. The Balaban J connectivity index is 1.81. The molecule has 2 aliphatic rings. The molecule has 0 radical (unpaired) electrons. The summed E-state index contributed by atoms with van der Waals surface area (Å²) in [5.74, 6) is -1.45. The molecule has 2 aromatic rings. The number of rotatable bonds is 3. The summed E-state index contributed by atoms with van der Waals surface area (Å²) in [6, 6.07) is 12.0. The van der Waals surface area contributed by atoms with Crippen LogP contribution in [0.1, 0.15) is 34.3 Å². The van der Waals surface area contributed by atoms with Crippen molar-refractivity contribution in [3.8, 4) is 0 Å². The van der Waals surface area contributed by atoms with Gasteiger partial charge >= 0.3 is 5.97 Å². The maximum Gasteiger partial charge on any atom is 0.337 e. The van der Waals surface area contributed by atoms with E-state index in [0.29, 0.717) is 22.4 Å². The Morgan fingerprint density at radius 1 is 1.18 bits per heavy atom. The Bertz CT molecular complexity index is 974. The topological polar surface area (TPSA) is 111 Å². The largest absolute Gasteiger partial charge is 0.465 e. The number of carbonyl (C=O) groups excluding carboxylic acids is 2. The fourth-order valence-corrected chi connectivity index (χ4v) is 4.51. The molecule has 4 rings (SSSR count). The van der Waals surface area contributed by atoms with E-state index in [0.717, 1.165) is 0 Å². The lowest BCUT2D eigenvalue weighted by Gasteiger charge is -2.25. The number of para-hydroxylation sites is 1. The highest BCUT2D eigenvalue weighted by molar-refractivity contribution is 6.07. The lowest BCUT2D eigenvalue weighted by atomic mass is 9.78. The van der Waals surface area contributed by atoms with Gasteiger partial charge in [0, 0.05) is 22.2 Å². The molecule has 2 heterocycles. The van der Waals surface area contributed by atoms with Crippen LogP contribution in [0.5, 0.6) is 0 Å². The number of esters is 1. The highest BCUT2D eigenvalue weighted by Gasteiger charge is 2.67. The summed E-state index contributed by atoms with van der Waals surface area (Å²) in [5, 5.41) is 18.2. The van der Waals surface area contributed by atoms with Crippen LogP contribution in [0.2, 0.25) is 0 Å². The number of methoxy groups -OCH3 is 1. The number of fused-ring (bicyclic) bond motifs is 2. The van der Waals surface area contributed by atoms with Crippen LogP contribution in [0.15, 0.2) is 48.5 Å². The number of benzene rings is 2. The molecule has 1 spiro atoms. The smallest absolute Gasteiger partial charge is 0.337 e. The number of nitrogens with one attached hydrogen (secondary N) is 2. The lowest BCUT2D eigenvalue weighted by Crippen LogP contribution is -2.54. The minimum absolute atomic E-state index is 0.337. The summed E-state index contributed by atoms with van der Waals surface area (Å²) >= 11 is 0. The molecule has 0 aromatic heterocycles. The van der Waals surface area contributed by atoms with Crippen LogP contribution in [-0.2, 0) is 15.1 Å². The third-order valence-corrected chi connectivity index (χ3v) is 5.68. The number of anilines is 1. The van der Waals surface area contributed by atoms with Crippen LogP contribution in [0.3, 0.4) is 0 Å². The van der Waals surface area contributed by atoms with Gasteiger partial charge in [0.1, 0.15) is 0 Å². The van der Waals surface area contributed by atoms with Crippen molar-refractivity contribution in [1.82, 2.24) is 5.32 Å². The van der Waals surface area contributed by atoms with Crippen molar-refractivity contribution in [1.29, 1.82) is 0 Å². The van der Waals surface area contributed by atoms with Gasteiger partial charge < -0.3 is 10.1 Å². The number of hydrogen-bond donors (Lipinski definition) is 2. The van der Waals surface area contributed by atoms with Crippen LogP contribution in [-0.4, -0.2) is 36.0 Å². The Kier molecular flexibility index (Phi) is 4.15. The molecule has 1 saturated heterocycles. The summed E-state index contributed by atoms with van der Waals surface area (Å²) in [4.78, 5) is 36.4. The Hall–Kier alpha value is -3.26. The molecule has 8 nitrogen and oxygen atoms in total. The van der Waals surface area contributed by atoms with Crippen molar-refractivity contribution in [2.24, 2.45) is 0 Å². The molecular formula is C20H19N3O5. The van der Waals surface area contributed by atoms with Crippen LogP contribution in [0.25, 0.3) is 0 Å². The Morgan fingerprint density at radius 2 is 1.86 bits per heavy atom. The molecule has 0 unspecified atom stereocenters. The minimum atomic E-state index is -1.44. The summed E-state index contributed by atoms with van der Waals surface area (Å²) in [7, 11) is 1.29. The molecule has 8 heteroatoms. The molecule has 2 N–H and O–H groups in total. The van der Waals surface area contributed by atoms with E-state index in [1.165, 1.54) is 7.11 Å². The van der Waals surface area contributed by atoms with Gasteiger partial charge in [-0.05, 0) is 30.7 Å². The molecule has 1 fully saturated rings. The van der Waals surface area contributed by atoms with Crippen molar-refractivity contribution in [3.63, 3.8) is 0 Å². The van der Waals surface area contributed by atoms with Crippen molar-refractivity contribution >= 4 is 17.6 Å². The maximum absolute atomic E-state index is 12.9. The minimum Gasteiger partial charge on any atom is -0.465 e. The molecule has 0 bridgehead atoms. The monoisotopic (exact) mass is 381 g/mol. The van der Waals surface area contributed by atoms with Gasteiger partial charge in [-0.1, -0.05) is 30.3 Å². The van der Waals surface area contributed by atoms with Gasteiger partial charge in [-0.3, -0.25) is 20.2 Å². The first-order chi connectivity index (χ1) is 13.4. The number of ether oxygens (including phenoxy) is 1. The number of nitro groups is 1. The second kappa shape index (κ2) is 6.42. The standard InChI is InChI=1S/C20H19N3O5/c1-11-16(12-7-9-13(10-8-12)18(24)28-2)17(23(26)27)20(22-11)14-5-3-4-6-15(14)21-19(20)25/h3-11,16-17,22H,1-2H3,(H,21,25)/t11-,16-,17+,20+/m0/s1. The summed E-state index contributed by atoms with van der Waals surface area (Å²) < 4.78 is 4.70. The van der Waals surface area contributed by atoms with Crippen molar-refractivity contribution in [2.45, 2.75) is 30.5 Å². The summed E-state index contributed by atoms with van der Waals surface area (Å²) in [6.07, 6.45) is 0. The second-order valence-corrected chi connectivity index (χ2v) is 7.11. The third kappa shape index (κ3) is 2.41. The van der Waals surface area contributed by atoms with Gasteiger partial charge in [-0.2, -0.15) is 0 Å². The SMILES string of the molecule is COC(=O)c1ccc([C@@H]2[C@H](C)N[C@@]3(C(=O)Nc4ccccc43)[C@@H]2[N+](=O)[O-])cc1. The average molecular weight is 381 g/mol. The predicted molar refractivity (Wildman–Crippen MR) is 101 cm³/mol. The Morgan fingerprint density at radius 3 is 2.50 bits per heavy atom. The molecule has 144 valence electrons. The number of hydrogen-bond acceptors (Lipinski definition) is 6. The number of carbonyl (C=O) groups is 2. The van der Waals surface area contributed by atoms with Gasteiger partial charge in [0.2, 0.25) is 0 Å². The third-order valence-electron chi connectivity index (χ3n) is 5.68. The van der Waals surface area contributed by atoms with Gasteiger partial charge in [-0.25, -0.2) is 4.79 Å². The average Bonchev–Trinajstić information content (AvgIpc) is 3.16. The molecule has 0 saturated carbocycles. The fourth-order valence-electron chi connectivity index (χ4n) is 4.51. The first-order valence-electron chi connectivity index (χ1n) is 8.90. The molecular weight excluding hydrogens is 362 g/mol. The number of nitrogens with zero attached hydrogens (tertiary/aromatic N) is 1. The second-order valence-electron chi connectivity index (χ2n) is 7.11. The zero-order valence-corrected chi connectivity index (χ0v) is 15.3. The summed E-state index contributed by atoms with van der Waals surface area (Å²) in [5.41, 5.74) is 0.776. The van der Waals surface area contributed by atoms with Crippen LogP contribution in [0.4, 0.5) is 5.69 Å².